The van der Waals surface area contributed by atoms with Crippen LogP contribution in [0, 0.1) is 5.92 Å². The smallest absolute Gasteiger partial charge is 0.244 e. The van der Waals surface area contributed by atoms with Gasteiger partial charge in [0.1, 0.15) is 12.6 Å². The molecule has 0 aromatic heterocycles. The first-order chi connectivity index (χ1) is 19.0. The zero-order valence-corrected chi connectivity index (χ0v) is 25.1. The Hall–Kier alpha value is -3.36. The van der Waals surface area contributed by atoms with Crippen molar-refractivity contribution in [3.63, 3.8) is 0 Å². The number of rotatable bonds is 13. The van der Waals surface area contributed by atoms with Crippen LogP contribution in [0.15, 0.2) is 78.9 Å². The lowest BCUT2D eigenvalue weighted by atomic mass is 10.0. The minimum absolute atomic E-state index is 0.107. The molecule has 0 heterocycles. The summed E-state index contributed by atoms with van der Waals surface area (Å²) in [7, 11) is -3.82. The third kappa shape index (κ3) is 8.83. The minimum atomic E-state index is -3.82. The van der Waals surface area contributed by atoms with Crippen LogP contribution in [0.4, 0.5) is 5.69 Å². The van der Waals surface area contributed by atoms with E-state index in [0.29, 0.717) is 23.7 Å². The molecule has 0 bridgehead atoms. The minimum Gasteiger partial charge on any atom is -0.354 e. The Bertz CT molecular complexity index is 1380. The van der Waals surface area contributed by atoms with Crippen LogP contribution in [0.25, 0.3) is 0 Å². The first-order valence-electron chi connectivity index (χ1n) is 13.4. The van der Waals surface area contributed by atoms with Crippen molar-refractivity contribution in [1.82, 2.24) is 10.2 Å². The zero-order chi connectivity index (χ0) is 29.3. The maximum atomic E-state index is 14.1. The third-order valence-corrected chi connectivity index (χ3v) is 7.92. The first-order valence-corrected chi connectivity index (χ1v) is 15.6. The van der Waals surface area contributed by atoms with Crippen molar-refractivity contribution in [1.29, 1.82) is 0 Å². The number of anilines is 1. The van der Waals surface area contributed by atoms with E-state index in [1.54, 1.807) is 36.4 Å². The highest BCUT2D eigenvalue weighted by atomic mass is 35.5. The van der Waals surface area contributed by atoms with E-state index in [1.807, 2.05) is 63.2 Å². The van der Waals surface area contributed by atoms with Gasteiger partial charge < -0.3 is 10.2 Å². The van der Waals surface area contributed by atoms with Crippen molar-refractivity contribution in [2.24, 2.45) is 5.92 Å². The standard InChI is InChI=1S/C31H38ClN3O4S/c1-5-26-13-9-10-14-28(26)35(40(4,38)39)22-30(36)34(21-25-15-17-27(32)18-16-25)29(31(37)33-20-23(2)3)19-24-11-7-6-8-12-24/h6-18,23,29H,5,19-22H2,1-4H3,(H,33,37)/t29-/m0/s1. The van der Waals surface area contributed by atoms with Crippen LogP contribution in [0.1, 0.15) is 37.5 Å². The summed E-state index contributed by atoms with van der Waals surface area (Å²) in [4.78, 5) is 29.3. The fraction of sp³-hybridized carbons (Fsp3) is 0.355. The Labute approximate surface area is 243 Å². The number of carbonyl (C=O) groups is 2. The van der Waals surface area contributed by atoms with Gasteiger partial charge in [-0.05, 0) is 47.2 Å². The summed E-state index contributed by atoms with van der Waals surface area (Å²) in [6, 6.07) is 22.8. The highest BCUT2D eigenvalue weighted by molar-refractivity contribution is 7.92. The van der Waals surface area contributed by atoms with Gasteiger partial charge in [0.25, 0.3) is 0 Å². The van der Waals surface area contributed by atoms with E-state index in [4.69, 9.17) is 11.6 Å². The van der Waals surface area contributed by atoms with Crippen LogP contribution in [-0.4, -0.2) is 50.5 Å². The number of hydrogen-bond acceptors (Lipinski definition) is 4. The van der Waals surface area contributed by atoms with Gasteiger partial charge in [-0.2, -0.15) is 0 Å². The Morgan fingerprint density at radius 3 is 2.12 bits per heavy atom. The van der Waals surface area contributed by atoms with E-state index in [9.17, 15) is 18.0 Å². The maximum absolute atomic E-state index is 14.1. The lowest BCUT2D eigenvalue weighted by Crippen LogP contribution is -2.53. The molecule has 9 heteroatoms. The molecule has 0 saturated carbocycles. The number of hydrogen-bond donors (Lipinski definition) is 1. The Morgan fingerprint density at radius 1 is 0.900 bits per heavy atom. The molecule has 2 amide bonds. The van der Waals surface area contributed by atoms with Gasteiger partial charge in [-0.15, -0.1) is 0 Å². The second-order valence-electron chi connectivity index (χ2n) is 10.2. The van der Waals surface area contributed by atoms with Crippen molar-refractivity contribution in [2.75, 3.05) is 23.7 Å². The van der Waals surface area contributed by atoms with Crippen LogP contribution >= 0.6 is 11.6 Å². The topological polar surface area (TPSA) is 86.8 Å². The number of amides is 2. The zero-order valence-electron chi connectivity index (χ0n) is 23.5. The molecule has 0 fully saturated rings. The molecule has 0 aliphatic carbocycles. The number of benzene rings is 3. The average Bonchev–Trinajstić information content (AvgIpc) is 2.93. The fourth-order valence-electron chi connectivity index (χ4n) is 4.41. The summed E-state index contributed by atoms with van der Waals surface area (Å²) >= 11 is 6.10. The molecule has 0 aliphatic rings. The number of aryl methyl sites for hydroxylation is 1. The summed E-state index contributed by atoms with van der Waals surface area (Å²) < 4.78 is 27.1. The van der Waals surface area contributed by atoms with Gasteiger partial charge in [-0.1, -0.05) is 93.0 Å². The quantitative estimate of drug-likeness (QED) is 0.304. The molecule has 0 radical (unpaired) electrons. The molecule has 3 rings (SSSR count). The highest BCUT2D eigenvalue weighted by Gasteiger charge is 2.33. The molecule has 1 N–H and O–H groups in total. The Kier molecular flexibility index (Phi) is 11.2. The predicted molar refractivity (Wildman–Crippen MR) is 162 cm³/mol. The molecule has 3 aromatic carbocycles. The summed E-state index contributed by atoms with van der Waals surface area (Å²) in [5.74, 6) is -0.556. The highest BCUT2D eigenvalue weighted by Crippen LogP contribution is 2.25. The van der Waals surface area contributed by atoms with Crippen molar-refractivity contribution in [3.8, 4) is 0 Å². The number of carbonyl (C=O) groups excluding carboxylic acids is 2. The molecular formula is C31H38ClN3O4S. The average molecular weight is 584 g/mol. The van der Waals surface area contributed by atoms with Crippen molar-refractivity contribution in [2.45, 2.75) is 46.2 Å². The second kappa shape index (κ2) is 14.3. The van der Waals surface area contributed by atoms with Gasteiger partial charge in [0.05, 0.1) is 11.9 Å². The van der Waals surface area contributed by atoms with E-state index >= 15 is 0 Å². The van der Waals surface area contributed by atoms with Gasteiger partial charge in [0, 0.05) is 24.5 Å². The van der Waals surface area contributed by atoms with Crippen molar-refractivity contribution < 1.29 is 18.0 Å². The summed E-state index contributed by atoms with van der Waals surface area (Å²) in [5, 5.41) is 3.53. The number of sulfonamides is 1. The van der Waals surface area contributed by atoms with Crippen LogP contribution in [0.2, 0.25) is 5.02 Å². The molecular weight excluding hydrogens is 546 g/mol. The molecule has 0 aliphatic heterocycles. The van der Waals surface area contributed by atoms with E-state index in [-0.39, 0.29) is 24.8 Å². The number of halogens is 1. The summed E-state index contributed by atoms with van der Waals surface area (Å²) in [6.07, 6.45) is 1.96. The van der Waals surface area contributed by atoms with Crippen LogP contribution in [-0.2, 0) is 39.0 Å². The lowest BCUT2D eigenvalue weighted by Gasteiger charge is -2.34. The van der Waals surface area contributed by atoms with Gasteiger partial charge in [0.2, 0.25) is 21.8 Å². The molecule has 214 valence electrons. The van der Waals surface area contributed by atoms with Crippen LogP contribution in [0.5, 0.6) is 0 Å². The normalized spacial score (nSPS) is 12.2. The third-order valence-electron chi connectivity index (χ3n) is 6.54. The molecule has 7 nitrogen and oxygen atoms in total. The number of nitrogens with one attached hydrogen (secondary N) is 1. The first kappa shape index (κ1) is 31.2. The lowest BCUT2D eigenvalue weighted by molar-refractivity contribution is -0.140. The molecule has 1 atom stereocenters. The maximum Gasteiger partial charge on any atom is 0.244 e. The van der Waals surface area contributed by atoms with Gasteiger partial charge in [-0.25, -0.2) is 8.42 Å². The van der Waals surface area contributed by atoms with Crippen LogP contribution < -0.4 is 9.62 Å². The molecule has 0 saturated heterocycles. The van der Waals surface area contributed by atoms with Crippen LogP contribution in [0.3, 0.4) is 0 Å². The summed E-state index contributed by atoms with van der Waals surface area (Å²) in [6.45, 7) is 6.05. The largest absolute Gasteiger partial charge is 0.354 e. The molecule has 0 spiro atoms. The van der Waals surface area contributed by atoms with Gasteiger partial charge in [0.15, 0.2) is 0 Å². The molecule has 40 heavy (non-hydrogen) atoms. The SMILES string of the molecule is CCc1ccccc1N(CC(=O)N(Cc1ccc(Cl)cc1)[C@@H](Cc1ccccc1)C(=O)NCC(C)C)S(C)(=O)=O. The van der Waals surface area contributed by atoms with E-state index in [0.717, 1.165) is 27.3 Å². The number of para-hydroxylation sites is 1. The fourth-order valence-corrected chi connectivity index (χ4v) is 5.42. The summed E-state index contributed by atoms with van der Waals surface area (Å²) in [5.41, 5.74) is 2.92. The molecule has 3 aromatic rings. The predicted octanol–water partition coefficient (Wildman–Crippen LogP) is 5.08. The van der Waals surface area contributed by atoms with E-state index in [1.165, 1.54) is 4.90 Å². The molecule has 0 unspecified atom stereocenters. The van der Waals surface area contributed by atoms with Crippen molar-refractivity contribution >= 4 is 39.1 Å². The second-order valence-corrected chi connectivity index (χ2v) is 12.6. The van der Waals surface area contributed by atoms with Gasteiger partial charge >= 0.3 is 0 Å². The Morgan fingerprint density at radius 2 is 1.52 bits per heavy atom. The monoisotopic (exact) mass is 583 g/mol. The van der Waals surface area contributed by atoms with E-state index < -0.39 is 28.5 Å². The van der Waals surface area contributed by atoms with Gasteiger partial charge in [-0.3, -0.25) is 13.9 Å². The number of nitrogens with zero attached hydrogens (tertiary/aromatic N) is 2. The Balaban J connectivity index is 2.06. The van der Waals surface area contributed by atoms with E-state index in [2.05, 4.69) is 5.32 Å². The van der Waals surface area contributed by atoms with Crippen molar-refractivity contribution in [3.05, 3.63) is 101 Å².